The van der Waals surface area contributed by atoms with E-state index in [1.54, 1.807) is 37.3 Å². The summed E-state index contributed by atoms with van der Waals surface area (Å²) in [6, 6.07) is 17.8. The highest BCUT2D eigenvalue weighted by Crippen LogP contribution is 2.26. The second-order valence-electron chi connectivity index (χ2n) is 7.60. The third-order valence-corrected chi connectivity index (χ3v) is 5.69. The van der Waals surface area contributed by atoms with Gasteiger partial charge in [-0.1, -0.05) is 60.0 Å². The van der Waals surface area contributed by atoms with Crippen LogP contribution >= 0.6 is 23.2 Å². The van der Waals surface area contributed by atoms with Gasteiger partial charge >= 0.3 is 5.97 Å². The molecule has 1 aromatic heterocycles. The molecule has 0 aliphatic carbocycles. The molecule has 8 heteroatoms. The number of carbonyl (C=O) groups is 2. The van der Waals surface area contributed by atoms with Gasteiger partial charge in [0.1, 0.15) is 5.82 Å². The summed E-state index contributed by atoms with van der Waals surface area (Å²) < 4.78 is 5.48. The number of esters is 1. The first-order chi connectivity index (χ1) is 15.8. The fraction of sp³-hybridized carbons (Fsp3) is 0.160. The zero-order chi connectivity index (χ0) is 23.5. The summed E-state index contributed by atoms with van der Waals surface area (Å²) in [5, 5.41) is 3.43. The molecule has 1 unspecified atom stereocenters. The van der Waals surface area contributed by atoms with Crippen molar-refractivity contribution in [2.45, 2.75) is 26.4 Å². The quantitative estimate of drug-likeness (QED) is 0.311. The number of aryl methyl sites for hydroxylation is 1. The lowest BCUT2D eigenvalue weighted by molar-refractivity contribution is -0.124. The van der Waals surface area contributed by atoms with Crippen LogP contribution < -0.4 is 5.32 Å². The van der Waals surface area contributed by atoms with E-state index in [2.05, 4.69) is 15.3 Å². The van der Waals surface area contributed by atoms with Crippen molar-refractivity contribution in [3.8, 4) is 11.4 Å². The number of rotatable bonds is 6. The number of hydrogen-bond acceptors (Lipinski definition) is 4. The van der Waals surface area contributed by atoms with Crippen LogP contribution in [0.5, 0.6) is 0 Å². The lowest BCUT2D eigenvalue weighted by Gasteiger charge is -2.16. The number of ether oxygens (including phenoxy) is 1. The van der Waals surface area contributed by atoms with Crippen LogP contribution in [0.1, 0.15) is 29.3 Å². The fourth-order valence-corrected chi connectivity index (χ4v) is 3.76. The normalized spacial score (nSPS) is 11.9. The number of fused-ring (bicyclic) bond motifs is 1. The standard InChI is InChI=1S/C25H21Cl2N3O3/c1-3-22(24(31)30-19-11-9-17(26)13-18(19)27)33-25(32)16-8-10-20-21(12-16)29-23(28-20)15-6-4-14(2)5-7-15/h4-13,22H,3H2,1-2H3,(H,28,29)(H,30,31). The zero-order valence-corrected chi connectivity index (χ0v) is 19.5. The van der Waals surface area contributed by atoms with E-state index in [0.29, 0.717) is 39.1 Å². The third kappa shape index (κ3) is 5.18. The Hall–Kier alpha value is -3.35. The molecule has 0 saturated heterocycles. The van der Waals surface area contributed by atoms with E-state index in [0.717, 1.165) is 16.6 Å². The largest absolute Gasteiger partial charge is 0.449 e. The summed E-state index contributed by atoms with van der Waals surface area (Å²) in [6.45, 7) is 3.78. The van der Waals surface area contributed by atoms with Gasteiger partial charge in [0.05, 0.1) is 27.3 Å². The van der Waals surface area contributed by atoms with E-state index in [1.807, 2.05) is 31.2 Å². The van der Waals surface area contributed by atoms with Crippen molar-refractivity contribution in [3.05, 3.63) is 81.8 Å². The second kappa shape index (κ2) is 9.65. The van der Waals surface area contributed by atoms with Crippen LogP contribution in [0.25, 0.3) is 22.4 Å². The molecule has 0 radical (unpaired) electrons. The first-order valence-corrected chi connectivity index (χ1v) is 11.1. The molecule has 2 N–H and O–H groups in total. The Morgan fingerprint density at radius 3 is 2.52 bits per heavy atom. The molecule has 4 aromatic rings. The fourth-order valence-electron chi connectivity index (χ4n) is 3.31. The molecule has 0 bridgehead atoms. The lowest BCUT2D eigenvalue weighted by atomic mass is 10.1. The average Bonchev–Trinajstić information content (AvgIpc) is 3.23. The Morgan fingerprint density at radius 2 is 1.82 bits per heavy atom. The monoisotopic (exact) mass is 481 g/mol. The first kappa shape index (κ1) is 22.8. The maximum absolute atomic E-state index is 12.8. The van der Waals surface area contributed by atoms with Crippen LogP contribution in [0.3, 0.4) is 0 Å². The van der Waals surface area contributed by atoms with Gasteiger partial charge < -0.3 is 15.0 Å². The first-order valence-electron chi connectivity index (χ1n) is 10.4. The predicted molar refractivity (Wildman–Crippen MR) is 131 cm³/mol. The van der Waals surface area contributed by atoms with Gasteiger partial charge in [-0.3, -0.25) is 4.79 Å². The van der Waals surface area contributed by atoms with Crippen LogP contribution in [-0.2, 0) is 9.53 Å². The Morgan fingerprint density at radius 1 is 1.06 bits per heavy atom. The topological polar surface area (TPSA) is 84.1 Å². The van der Waals surface area contributed by atoms with Crippen LogP contribution in [0, 0.1) is 6.92 Å². The van der Waals surface area contributed by atoms with E-state index in [1.165, 1.54) is 6.07 Å². The number of halogens is 2. The molecule has 1 atom stereocenters. The average molecular weight is 482 g/mol. The van der Waals surface area contributed by atoms with Crippen molar-refractivity contribution in [2.75, 3.05) is 5.32 Å². The molecule has 0 fully saturated rings. The molecule has 1 amide bonds. The minimum Gasteiger partial charge on any atom is -0.449 e. The number of H-pyrrole nitrogens is 1. The van der Waals surface area contributed by atoms with Crippen molar-refractivity contribution in [2.24, 2.45) is 0 Å². The number of amides is 1. The number of anilines is 1. The van der Waals surface area contributed by atoms with Crippen LogP contribution in [0.2, 0.25) is 10.0 Å². The van der Waals surface area contributed by atoms with Gasteiger partial charge in [0.2, 0.25) is 0 Å². The smallest absolute Gasteiger partial charge is 0.338 e. The van der Waals surface area contributed by atoms with Crippen LogP contribution in [0.15, 0.2) is 60.7 Å². The Labute approximate surface area is 200 Å². The lowest BCUT2D eigenvalue weighted by Crippen LogP contribution is -2.32. The Kier molecular flexibility index (Phi) is 6.67. The number of aromatic nitrogens is 2. The SMILES string of the molecule is CCC(OC(=O)c1ccc2nc(-c3ccc(C)cc3)[nH]c2c1)C(=O)Nc1ccc(Cl)cc1Cl. The maximum atomic E-state index is 12.8. The number of aromatic amines is 1. The van der Waals surface area contributed by atoms with Crippen LogP contribution in [-0.4, -0.2) is 27.9 Å². The van der Waals surface area contributed by atoms with Gasteiger partial charge in [-0.15, -0.1) is 0 Å². The molecule has 0 aliphatic rings. The van der Waals surface area contributed by atoms with Gasteiger partial charge in [-0.25, -0.2) is 9.78 Å². The molecular formula is C25H21Cl2N3O3. The third-order valence-electron chi connectivity index (χ3n) is 5.14. The van der Waals surface area contributed by atoms with Gasteiger partial charge in [0.25, 0.3) is 5.91 Å². The zero-order valence-electron chi connectivity index (χ0n) is 18.0. The van der Waals surface area contributed by atoms with Crippen LogP contribution in [0.4, 0.5) is 5.69 Å². The van der Waals surface area contributed by atoms with E-state index < -0.39 is 18.0 Å². The molecule has 6 nitrogen and oxygen atoms in total. The summed E-state index contributed by atoms with van der Waals surface area (Å²) >= 11 is 12.0. The van der Waals surface area contributed by atoms with Gasteiger partial charge in [0, 0.05) is 10.6 Å². The van der Waals surface area contributed by atoms with Crippen molar-refractivity contribution in [3.63, 3.8) is 0 Å². The van der Waals surface area contributed by atoms with Gasteiger partial charge in [-0.05, 0) is 49.7 Å². The molecule has 0 aliphatic heterocycles. The second-order valence-corrected chi connectivity index (χ2v) is 8.44. The van der Waals surface area contributed by atoms with Crippen molar-refractivity contribution >= 4 is 51.8 Å². The molecule has 1 heterocycles. The maximum Gasteiger partial charge on any atom is 0.338 e. The molecule has 33 heavy (non-hydrogen) atoms. The van der Waals surface area contributed by atoms with Crippen molar-refractivity contribution < 1.29 is 14.3 Å². The Balaban J connectivity index is 1.49. The number of imidazole rings is 1. The summed E-state index contributed by atoms with van der Waals surface area (Å²) in [6.07, 6.45) is -0.683. The summed E-state index contributed by atoms with van der Waals surface area (Å²) in [5.41, 5.74) is 4.24. The molecule has 3 aromatic carbocycles. The predicted octanol–water partition coefficient (Wildman–Crippen LogP) is 6.42. The minimum atomic E-state index is -0.982. The molecule has 4 rings (SSSR count). The highest BCUT2D eigenvalue weighted by atomic mass is 35.5. The highest BCUT2D eigenvalue weighted by molar-refractivity contribution is 6.36. The summed E-state index contributed by atoms with van der Waals surface area (Å²) in [5.74, 6) is -0.367. The number of nitrogens with zero attached hydrogens (tertiary/aromatic N) is 1. The molecule has 0 spiro atoms. The van der Waals surface area contributed by atoms with E-state index >= 15 is 0 Å². The Bertz CT molecular complexity index is 1330. The highest BCUT2D eigenvalue weighted by Gasteiger charge is 2.23. The summed E-state index contributed by atoms with van der Waals surface area (Å²) in [4.78, 5) is 33.2. The molecule has 168 valence electrons. The number of nitrogens with one attached hydrogen (secondary N) is 2. The van der Waals surface area contributed by atoms with Crippen molar-refractivity contribution in [1.29, 1.82) is 0 Å². The molecule has 0 saturated carbocycles. The van der Waals surface area contributed by atoms with Gasteiger partial charge in [0.15, 0.2) is 6.10 Å². The van der Waals surface area contributed by atoms with E-state index in [4.69, 9.17) is 27.9 Å². The van der Waals surface area contributed by atoms with E-state index in [9.17, 15) is 9.59 Å². The number of carbonyl (C=O) groups excluding carboxylic acids is 2. The van der Waals surface area contributed by atoms with Crippen molar-refractivity contribution in [1.82, 2.24) is 9.97 Å². The number of hydrogen-bond donors (Lipinski definition) is 2. The van der Waals surface area contributed by atoms with E-state index in [-0.39, 0.29) is 0 Å². The number of benzene rings is 3. The summed E-state index contributed by atoms with van der Waals surface area (Å²) in [7, 11) is 0. The van der Waals surface area contributed by atoms with Gasteiger partial charge in [-0.2, -0.15) is 0 Å². The minimum absolute atomic E-state index is 0.297. The molecular weight excluding hydrogens is 461 g/mol.